The molecular formula is C44H81NO9P+. The molecule has 1 unspecified atom stereocenters. The predicted molar refractivity (Wildman–Crippen MR) is 226 cm³/mol. The molecule has 0 aromatic carbocycles. The normalized spacial score (nSPS) is 14.7. The molecule has 0 heterocycles. The van der Waals surface area contributed by atoms with E-state index >= 15 is 0 Å². The molecule has 0 rings (SSSR count). The van der Waals surface area contributed by atoms with Crippen LogP contribution in [0, 0.1) is 0 Å². The van der Waals surface area contributed by atoms with Gasteiger partial charge in [0.25, 0.3) is 0 Å². The van der Waals surface area contributed by atoms with Crippen LogP contribution >= 0.6 is 7.82 Å². The molecule has 0 bridgehead atoms. The zero-order valence-corrected chi connectivity index (χ0v) is 36.4. The first-order valence-corrected chi connectivity index (χ1v) is 23.0. The van der Waals surface area contributed by atoms with E-state index in [9.17, 15) is 24.2 Å². The van der Waals surface area contributed by atoms with Gasteiger partial charge in [-0.15, -0.1) is 0 Å². The molecule has 0 aliphatic rings. The molecule has 0 aliphatic heterocycles. The van der Waals surface area contributed by atoms with Gasteiger partial charge in [-0.1, -0.05) is 159 Å². The van der Waals surface area contributed by atoms with E-state index in [1.807, 2.05) is 57.6 Å². The quantitative estimate of drug-likeness (QED) is 0.0157. The average Bonchev–Trinajstić information content (AvgIpc) is 3.12. The molecule has 2 N–H and O–H groups in total. The molecule has 0 saturated carbocycles. The first kappa shape index (κ1) is 52.9. The Hall–Kier alpha value is -2.07. The summed E-state index contributed by atoms with van der Waals surface area (Å²) in [6.07, 6.45) is 37.7. The van der Waals surface area contributed by atoms with E-state index in [1.165, 1.54) is 64.2 Å². The van der Waals surface area contributed by atoms with Gasteiger partial charge in [0.1, 0.15) is 19.8 Å². The van der Waals surface area contributed by atoms with Crippen LogP contribution in [0.5, 0.6) is 0 Å². The highest BCUT2D eigenvalue weighted by Crippen LogP contribution is 2.43. The summed E-state index contributed by atoms with van der Waals surface area (Å²) in [6.45, 7) is 4.21. The topological polar surface area (TPSA) is 129 Å². The van der Waals surface area contributed by atoms with Crippen LogP contribution in [0.1, 0.15) is 162 Å². The zero-order chi connectivity index (χ0) is 40.9. The molecule has 0 aliphatic carbocycles. The third kappa shape index (κ3) is 39.9. The van der Waals surface area contributed by atoms with Gasteiger partial charge in [0.15, 0.2) is 6.10 Å². The molecule has 0 aromatic heterocycles. The van der Waals surface area contributed by atoms with Crippen molar-refractivity contribution in [1.29, 1.82) is 0 Å². The van der Waals surface area contributed by atoms with Crippen LogP contribution in [0.15, 0.2) is 48.6 Å². The van der Waals surface area contributed by atoms with Gasteiger partial charge in [0.2, 0.25) is 0 Å². The van der Waals surface area contributed by atoms with Gasteiger partial charge in [-0.3, -0.25) is 18.6 Å². The summed E-state index contributed by atoms with van der Waals surface area (Å²) in [4.78, 5) is 35.3. The second-order valence-electron chi connectivity index (χ2n) is 15.6. The number of nitrogens with zero attached hydrogens (tertiary/aromatic N) is 1. The van der Waals surface area contributed by atoms with Crippen LogP contribution < -0.4 is 0 Å². The molecule has 3 atom stereocenters. The van der Waals surface area contributed by atoms with E-state index < -0.39 is 32.5 Å². The summed E-state index contributed by atoms with van der Waals surface area (Å²) in [5.41, 5.74) is 0. The van der Waals surface area contributed by atoms with Gasteiger partial charge in [-0.05, 0) is 38.5 Å². The summed E-state index contributed by atoms with van der Waals surface area (Å²) in [6, 6.07) is 0. The van der Waals surface area contributed by atoms with Gasteiger partial charge >= 0.3 is 19.8 Å². The highest BCUT2D eigenvalue weighted by atomic mass is 31.2. The molecule has 0 radical (unpaired) electrons. The number of hydrogen-bond acceptors (Lipinski definition) is 8. The van der Waals surface area contributed by atoms with Crippen LogP contribution in [-0.2, 0) is 32.7 Å². The molecule has 0 fully saturated rings. The van der Waals surface area contributed by atoms with E-state index in [0.29, 0.717) is 23.9 Å². The number of unbranched alkanes of at least 4 members (excludes halogenated alkanes) is 15. The fourth-order valence-electron chi connectivity index (χ4n) is 5.53. The number of allylic oxidation sites excluding steroid dienone is 7. The summed E-state index contributed by atoms with van der Waals surface area (Å²) >= 11 is 0. The maximum absolute atomic E-state index is 12.6. The molecule has 0 spiro atoms. The van der Waals surface area contributed by atoms with Crippen molar-refractivity contribution in [3.8, 4) is 0 Å². The molecule has 0 aromatic rings. The number of aliphatic hydroxyl groups excluding tert-OH is 1. The molecule has 0 amide bonds. The lowest BCUT2D eigenvalue weighted by atomic mass is 10.0. The predicted octanol–water partition coefficient (Wildman–Crippen LogP) is 10.9. The lowest BCUT2D eigenvalue weighted by molar-refractivity contribution is -0.870. The Morgan fingerprint density at radius 1 is 0.655 bits per heavy atom. The number of esters is 2. The number of carbonyl (C=O) groups excluding carboxylic acids is 2. The molecule has 55 heavy (non-hydrogen) atoms. The van der Waals surface area contributed by atoms with Crippen molar-refractivity contribution in [1.82, 2.24) is 0 Å². The summed E-state index contributed by atoms with van der Waals surface area (Å²) < 4.78 is 34.2. The number of phosphoric acid groups is 1. The molecule has 10 nitrogen and oxygen atoms in total. The Morgan fingerprint density at radius 3 is 1.82 bits per heavy atom. The monoisotopic (exact) mass is 799 g/mol. The molecule has 320 valence electrons. The van der Waals surface area contributed by atoms with Crippen LogP contribution in [0.3, 0.4) is 0 Å². The van der Waals surface area contributed by atoms with E-state index in [0.717, 1.165) is 57.8 Å². The number of ether oxygens (including phenoxy) is 2. The molecule has 0 saturated heterocycles. The lowest BCUT2D eigenvalue weighted by Gasteiger charge is -2.24. The fraction of sp³-hybridized carbons (Fsp3) is 0.773. The number of rotatable bonds is 38. The van der Waals surface area contributed by atoms with Crippen molar-refractivity contribution in [3.63, 3.8) is 0 Å². The van der Waals surface area contributed by atoms with Gasteiger partial charge in [-0.2, -0.15) is 0 Å². The molecular weight excluding hydrogens is 717 g/mol. The fourth-order valence-corrected chi connectivity index (χ4v) is 6.27. The van der Waals surface area contributed by atoms with Gasteiger partial charge in [0.05, 0.1) is 33.9 Å². The Labute approximate surface area is 336 Å². The Morgan fingerprint density at radius 2 is 1.20 bits per heavy atom. The average molecular weight is 799 g/mol. The highest BCUT2D eigenvalue weighted by molar-refractivity contribution is 7.47. The Bertz CT molecular complexity index is 1100. The summed E-state index contributed by atoms with van der Waals surface area (Å²) in [7, 11) is 1.41. The first-order chi connectivity index (χ1) is 26.4. The molecule has 11 heteroatoms. The second kappa shape index (κ2) is 36.3. The zero-order valence-electron chi connectivity index (χ0n) is 35.5. The number of aliphatic hydroxyl groups is 1. The Kier molecular flexibility index (Phi) is 34.9. The minimum Gasteiger partial charge on any atom is -0.462 e. The van der Waals surface area contributed by atoms with E-state index in [1.54, 1.807) is 0 Å². The summed E-state index contributed by atoms with van der Waals surface area (Å²) in [5.74, 6) is -0.891. The van der Waals surface area contributed by atoms with Crippen molar-refractivity contribution in [3.05, 3.63) is 48.6 Å². The number of phosphoric ester groups is 1. The number of hydrogen-bond donors (Lipinski definition) is 2. The van der Waals surface area contributed by atoms with Crippen LogP contribution in [-0.4, -0.2) is 86.1 Å². The number of quaternary nitrogens is 1. The van der Waals surface area contributed by atoms with Crippen molar-refractivity contribution >= 4 is 19.8 Å². The van der Waals surface area contributed by atoms with Gasteiger partial charge < -0.3 is 24.0 Å². The van der Waals surface area contributed by atoms with E-state index in [2.05, 4.69) is 26.0 Å². The van der Waals surface area contributed by atoms with Crippen molar-refractivity contribution in [2.75, 3.05) is 47.5 Å². The third-order valence-electron chi connectivity index (χ3n) is 8.97. The van der Waals surface area contributed by atoms with Crippen molar-refractivity contribution in [2.45, 2.75) is 174 Å². The first-order valence-electron chi connectivity index (χ1n) is 21.5. The number of likely N-dealkylation sites (N-methyl/N-ethyl adjacent to an activating group) is 1. The highest BCUT2D eigenvalue weighted by Gasteiger charge is 2.27. The maximum Gasteiger partial charge on any atom is 0.472 e. The van der Waals surface area contributed by atoms with Gasteiger partial charge in [-0.25, -0.2) is 4.57 Å². The minimum absolute atomic E-state index is 0.0128. The SMILES string of the molecule is CCCCCCCCCCCCCCCC(=O)OC[C@H](COP(=O)(O)OCC[N+](C)(C)C)OC(=O)CCC/C=C\C/C=C\C/C=C\C=C\[C@@H](O)CCCCC. The van der Waals surface area contributed by atoms with E-state index in [-0.39, 0.29) is 32.2 Å². The Balaban J connectivity index is 4.52. The summed E-state index contributed by atoms with van der Waals surface area (Å²) in [5, 5.41) is 9.90. The van der Waals surface area contributed by atoms with Crippen molar-refractivity contribution < 1.29 is 47.2 Å². The lowest BCUT2D eigenvalue weighted by Crippen LogP contribution is -2.37. The van der Waals surface area contributed by atoms with Crippen LogP contribution in [0.25, 0.3) is 0 Å². The van der Waals surface area contributed by atoms with Crippen LogP contribution in [0.2, 0.25) is 0 Å². The standard InChI is InChI=1S/C44H80NO9P/c1-6-8-10-11-12-13-14-15-18-21-24-27-31-35-43(47)51-39-42(40-53-55(49,50)52-38-37-45(3,4)5)54-44(48)36-32-28-25-22-19-16-17-20-23-26-30-34-41(46)33-29-9-7-2/h16-17,22-23,25-26,30,34,41-42,46H,6-15,18-21,24,27-29,31-33,35-40H2,1-5H3/p+1/b17-16-,25-22-,26-23-,34-30+/t41-,42+/m0/s1. The maximum atomic E-state index is 12.6. The van der Waals surface area contributed by atoms with Gasteiger partial charge in [0, 0.05) is 12.8 Å². The minimum atomic E-state index is -4.40. The smallest absolute Gasteiger partial charge is 0.462 e. The number of carbonyl (C=O) groups is 2. The third-order valence-corrected chi connectivity index (χ3v) is 9.95. The van der Waals surface area contributed by atoms with E-state index in [4.69, 9.17) is 18.5 Å². The second-order valence-corrected chi connectivity index (χ2v) is 17.0. The van der Waals surface area contributed by atoms with Crippen molar-refractivity contribution in [2.24, 2.45) is 0 Å². The van der Waals surface area contributed by atoms with Crippen LogP contribution in [0.4, 0.5) is 0 Å². The largest absolute Gasteiger partial charge is 0.472 e.